The van der Waals surface area contributed by atoms with E-state index in [4.69, 9.17) is 21.4 Å². The lowest BCUT2D eigenvalue weighted by Gasteiger charge is -2.34. The van der Waals surface area contributed by atoms with Crippen molar-refractivity contribution in [3.8, 4) is 0 Å². The molecule has 1 aromatic heterocycles. The third-order valence-corrected chi connectivity index (χ3v) is 3.94. The Balaban J connectivity index is 1.83. The van der Waals surface area contributed by atoms with Crippen molar-refractivity contribution in [2.75, 3.05) is 24.6 Å². The molecular weight excluding hydrogens is 304 g/mol. The Labute approximate surface area is 133 Å². The minimum Gasteiger partial charge on any atom is -0.477 e. The van der Waals surface area contributed by atoms with Gasteiger partial charge in [-0.2, -0.15) is 0 Å². The monoisotopic (exact) mass is 318 g/mol. The highest BCUT2D eigenvalue weighted by molar-refractivity contribution is 6.31. The van der Waals surface area contributed by atoms with Crippen molar-refractivity contribution in [2.45, 2.75) is 6.10 Å². The van der Waals surface area contributed by atoms with Gasteiger partial charge in [0.1, 0.15) is 11.9 Å². The van der Waals surface area contributed by atoms with E-state index in [0.29, 0.717) is 30.5 Å². The minimum atomic E-state index is -1.03. The Bertz CT molecular complexity index is 693. The number of halogens is 1. The molecule has 5 nitrogen and oxygen atoms in total. The largest absolute Gasteiger partial charge is 0.477 e. The van der Waals surface area contributed by atoms with Gasteiger partial charge in [-0.05, 0) is 18.2 Å². The highest BCUT2D eigenvalue weighted by Crippen LogP contribution is 2.29. The number of nitrogens with zero attached hydrogens (tertiary/aromatic N) is 2. The first-order chi connectivity index (χ1) is 10.6. The van der Waals surface area contributed by atoms with Gasteiger partial charge in [-0.3, -0.25) is 0 Å². The van der Waals surface area contributed by atoms with Crippen LogP contribution in [0.3, 0.4) is 0 Å². The van der Waals surface area contributed by atoms with Crippen molar-refractivity contribution in [2.24, 2.45) is 0 Å². The maximum atomic E-state index is 11.0. The van der Waals surface area contributed by atoms with Crippen molar-refractivity contribution >= 4 is 23.4 Å². The van der Waals surface area contributed by atoms with Crippen LogP contribution in [0.1, 0.15) is 22.2 Å². The number of carboxylic acids is 1. The summed E-state index contributed by atoms with van der Waals surface area (Å²) < 4.78 is 5.80. The SMILES string of the molecule is O=C(O)c1cccc(N2CCOC(c3ccccc3Cl)C2)n1. The highest BCUT2D eigenvalue weighted by Gasteiger charge is 2.24. The van der Waals surface area contributed by atoms with Gasteiger partial charge in [-0.1, -0.05) is 35.9 Å². The zero-order valence-corrected chi connectivity index (χ0v) is 12.5. The maximum absolute atomic E-state index is 11.0. The van der Waals surface area contributed by atoms with E-state index in [0.717, 1.165) is 5.56 Å². The number of hydrogen-bond donors (Lipinski definition) is 1. The molecule has 1 unspecified atom stereocenters. The molecule has 0 radical (unpaired) electrons. The molecule has 22 heavy (non-hydrogen) atoms. The van der Waals surface area contributed by atoms with E-state index in [-0.39, 0.29) is 11.8 Å². The molecule has 2 aromatic rings. The molecule has 3 rings (SSSR count). The maximum Gasteiger partial charge on any atom is 0.354 e. The molecule has 0 aliphatic carbocycles. The van der Waals surface area contributed by atoms with Crippen LogP contribution in [0.25, 0.3) is 0 Å². The lowest BCUT2D eigenvalue weighted by atomic mass is 10.1. The van der Waals surface area contributed by atoms with E-state index in [2.05, 4.69) is 4.98 Å². The first-order valence-corrected chi connectivity index (χ1v) is 7.34. The summed E-state index contributed by atoms with van der Waals surface area (Å²) in [6.45, 7) is 1.78. The summed E-state index contributed by atoms with van der Waals surface area (Å²) in [5, 5.41) is 9.72. The van der Waals surface area contributed by atoms with Gasteiger partial charge in [-0.25, -0.2) is 9.78 Å². The lowest BCUT2D eigenvalue weighted by Crippen LogP contribution is -2.39. The summed E-state index contributed by atoms with van der Waals surface area (Å²) in [7, 11) is 0. The number of hydrogen-bond acceptors (Lipinski definition) is 4. The van der Waals surface area contributed by atoms with Crippen LogP contribution in [0.4, 0.5) is 5.82 Å². The topological polar surface area (TPSA) is 62.7 Å². The normalized spacial score (nSPS) is 18.2. The molecular formula is C16H15ClN2O3. The second kappa shape index (κ2) is 6.34. The first kappa shape index (κ1) is 14.8. The number of carbonyl (C=O) groups is 1. The van der Waals surface area contributed by atoms with E-state index in [1.807, 2.05) is 29.2 Å². The quantitative estimate of drug-likeness (QED) is 0.942. The number of carboxylic acid groups (broad SMARTS) is 1. The molecule has 1 saturated heterocycles. The van der Waals surface area contributed by atoms with E-state index in [1.165, 1.54) is 6.07 Å². The predicted molar refractivity (Wildman–Crippen MR) is 83.6 cm³/mol. The third-order valence-electron chi connectivity index (χ3n) is 3.60. The molecule has 1 fully saturated rings. The Kier molecular flexibility index (Phi) is 4.27. The Morgan fingerprint density at radius 1 is 1.27 bits per heavy atom. The molecule has 114 valence electrons. The van der Waals surface area contributed by atoms with Crippen LogP contribution in [-0.2, 0) is 4.74 Å². The Morgan fingerprint density at radius 3 is 2.86 bits per heavy atom. The fraction of sp³-hybridized carbons (Fsp3) is 0.250. The number of aromatic nitrogens is 1. The minimum absolute atomic E-state index is 0.0401. The number of ether oxygens (including phenoxy) is 1. The number of aromatic carboxylic acids is 1. The Hall–Kier alpha value is -2.11. The average Bonchev–Trinajstić information content (AvgIpc) is 2.55. The van der Waals surface area contributed by atoms with Crippen molar-refractivity contribution in [3.63, 3.8) is 0 Å². The number of morpholine rings is 1. The molecule has 0 saturated carbocycles. The molecule has 1 atom stereocenters. The Morgan fingerprint density at radius 2 is 2.09 bits per heavy atom. The zero-order chi connectivity index (χ0) is 15.5. The van der Waals surface area contributed by atoms with Gasteiger partial charge in [0.2, 0.25) is 0 Å². The molecule has 1 aliphatic rings. The van der Waals surface area contributed by atoms with E-state index < -0.39 is 5.97 Å². The van der Waals surface area contributed by atoms with Crippen LogP contribution >= 0.6 is 11.6 Å². The van der Waals surface area contributed by atoms with Gasteiger partial charge < -0.3 is 14.7 Å². The van der Waals surface area contributed by atoms with Crippen LogP contribution < -0.4 is 4.90 Å². The smallest absolute Gasteiger partial charge is 0.354 e. The lowest BCUT2D eigenvalue weighted by molar-refractivity contribution is 0.0396. The summed E-state index contributed by atoms with van der Waals surface area (Å²) >= 11 is 6.23. The van der Waals surface area contributed by atoms with Crippen molar-refractivity contribution in [1.29, 1.82) is 0 Å². The van der Waals surface area contributed by atoms with Crippen LogP contribution in [0, 0.1) is 0 Å². The van der Waals surface area contributed by atoms with Crippen molar-refractivity contribution in [3.05, 3.63) is 58.7 Å². The number of pyridine rings is 1. The van der Waals surface area contributed by atoms with Gasteiger partial charge in [0.25, 0.3) is 0 Å². The fourth-order valence-electron chi connectivity index (χ4n) is 2.50. The molecule has 1 aromatic carbocycles. The zero-order valence-electron chi connectivity index (χ0n) is 11.8. The molecule has 0 bridgehead atoms. The second-order valence-electron chi connectivity index (χ2n) is 5.01. The molecule has 0 amide bonds. The van der Waals surface area contributed by atoms with E-state index in [1.54, 1.807) is 12.1 Å². The van der Waals surface area contributed by atoms with Gasteiger partial charge in [0.15, 0.2) is 5.69 Å². The molecule has 0 spiro atoms. The number of anilines is 1. The molecule has 6 heteroatoms. The standard InChI is InChI=1S/C16H15ClN2O3/c17-12-5-2-1-4-11(12)14-10-19(8-9-22-14)15-7-3-6-13(18-15)16(20)21/h1-7,14H,8-10H2,(H,20,21). The molecule has 1 N–H and O–H groups in total. The predicted octanol–water partition coefficient (Wildman–Crippen LogP) is 3.01. The van der Waals surface area contributed by atoms with Crippen molar-refractivity contribution in [1.82, 2.24) is 4.98 Å². The van der Waals surface area contributed by atoms with Crippen LogP contribution in [0.2, 0.25) is 5.02 Å². The second-order valence-corrected chi connectivity index (χ2v) is 5.42. The van der Waals surface area contributed by atoms with Gasteiger partial charge >= 0.3 is 5.97 Å². The summed E-state index contributed by atoms with van der Waals surface area (Å²) in [6, 6.07) is 12.6. The summed E-state index contributed by atoms with van der Waals surface area (Å²) in [5.41, 5.74) is 0.974. The first-order valence-electron chi connectivity index (χ1n) is 6.96. The van der Waals surface area contributed by atoms with Crippen LogP contribution in [-0.4, -0.2) is 35.8 Å². The third kappa shape index (κ3) is 3.05. The van der Waals surface area contributed by atoms with Gasteiger partial charge in [0, 0.05) is 23.7 Å². The van der Waals surface area contributed by atoms with E-state index in [9.17, 15) is 4.79 Å². The summed E-state index contributed by atoms with van der Waals surface area (Å²) in [4.78, 5) is 17.2. The van der Waals surface area contributed by atoms with Gasteiger partial charge in [0.05, 0.1) is 6.61 Å². The summed E-state index contributed by atoms with van der Waals surface area (Å²) in [5.74, 6) is -0.391. The van der Waals surface area contributed by atoms with Gasteiger partial charge in [-0.15, -0.1) is 0 Å². The highest BCUT2D eigenvalue weighted by atomic mass is 35.5. The average molecular weight is 319 g/mol. The summed E-state index contributed by atoms with van der Waals surface area (Å²) in [6.07, 6.45) is -0.155. The number of rotatable bonds is 3. The molecule has 2 heterocycles. The number of benzene rings is 1. The van der Waals surface area contributed by atoms with Crippen LogP contribution in [0.15, 0.2) is 42.5 Å². The molecule has 1 aliphatic heterocycles. The van der Waals surface area contributed by atoms with E-state index >= 15 is 0 Å². The van der Waals surface area contributed by atoms with Crippen molar-refractivity contribution < 1.29 is 14.6 Å². The van der Waals surface area contributed by atoms with Crippen LogP contribution in [0.5, 0.6) is 0 Å². The fourth-order valence-corrected chi connectivity index (χ4v) is 2.76.